The average Bonchev–Trinajstić information content (AvgIpc) is 1.88. The van der Waals surface area contributed by atoms with Gasteiger partial charge in [-0.1, -0.05) is 0 Å². The second kappa shape index (κ2) is 6.64. The maximum Gasteiger partial charge on any atom is 0.0920 e. The Balaban J connectivity index is 0. The largest absolute Gasteiger partial charge is 0.367 e. The predicted octanol–water partition coefficient (Wildman–Crippen LogP) is 1.09. The van der Waals surface area contributed by atoms with Crippen molar-refractivity contribution in [1.29, 1.82) is 10.8 Å². The van der Waals surface area contributed by atoms with E-state index in [0.29, 0.717) is 11.7 Å². The van der Waals surface area contributed by atoms with E-state index in [0.717, 1.165) is 0 Å². The SMILES string of the molecule is CC(=N)N(C)C.CC(=N)N(C)C. The van der Waals surface area contributed by atoms with Crippen molar-refractivity contribution in [2.45, 2.75) is 13.8 Å². The fourth-order valence-corrected chi connectivity index (χ4v) is 0. The van der Waals surface area contributed by atoms with Crippen LogP contribution in [0.2, 0.25) is 0 Å². The van der Waals surface area contributed by atoms with Gasteiger partial charge in [0, 0.05) is 28.2 Å². The Morgan fingerprint density at radius 3 is 0.833 bits per heavy atom. The van der Waals surface area contributed by atoms with Crippen LogP contribution in [0.5, 0.6) is 0 Å². The molecule has 2 N–H and O–H groups in total. The summed E-state index contributed by atoms with van der Waals surface area (Å²) in [6, 6.07) is 0. The summed E-state index contributed by atoms with van der Waals surface area (Å²) >= 11 is 0. The summed E-state index contributed by atoms with van der Waals surface area (Å²) in [6.45, 7) is 3.50. The van der Waals surface area contributed by atoms with Gasteiger partial charge in [0.2, 0.25) is 0 Å². The maximum atomic E-state index is 6.88. The van der Waals surface area contributed by atoms with Crippen LogP contribution in [0.1, 0.15) is 13.8 Å². The Bertz CT molecular complexity index is 131. The summed E-state index contributed by atoms with van der Waals surface area (Å²) in [6.07, 6.45) is 0. The van der Waals surface area contributed by atoms with E-state index in [9.17, 15) is 0 Å². The van der Waals surface area contributed by atoms with Crippen molar-refractivity contribution in [2.24, 2.45) is 0 Å². The zero-order valence-electron chi connectivity index (χ0n) is 8.89. The van der Waals surface area contributed by atoms with Crippen molar-refractivity contribution in [3.8, 4) is 0 Å². The fraction of sp³-hybridized carbons (Fsp3) is 0.750. The van der Waals surface area contributed by atoms with Gasteiger partial charge in [-0.05, 0) is 13.8 Å². The van der Waals surface area contributed by atoms with Gasteiger partial charge in [-0.2, -0.15) is 0 Å². The molecule has 0 rings (SSSR count). The topological polar surface area (TPSA) is 54.2 Å². The van der Waals surface area contributed by atoms with Crippen LogP contribution in [0.4, 0.5) is 0 Å². The van der Waals surface area contributed by atoms with Gasteiger partial charge in [-0.25, -0.2) is 0 Å². The van der Waals surface area contributed by atoms with Gasteiger partial charge in [-0.15, -0.1) is 0 Å². The number of rotatable bonds is 0. The van der Waals surface area contributed by atoms with Crippen LogP contribution in [-0.2, 0) is 0 Å². The lowest BCUT2D eigenvalue weighted by Crippen LogP contribution is -2.16. The first-order valence-corrected chi connectivity index (χ1v) is 3.74. The molecule has 4 heteroatoms. The van der Waals surface area contributed by atoms with E-state index >= 15 is 0 Å². The van der Waals surface area contributed by atoms with Crippen molar-refractivity contribution < 1.29 is 0 Å². The number of amidine groups is 2. The Morgan fingerprint density at radius 2 is 0.833 bits per heavy atom. The van der Waals surface area contributed by atoms with Crippen molar-refractivity contribution >= 4 is 11.7 Å². The Kier molecular flexibility index (Phi) is 7.48. The van der Waals surface area contributed by atoms with E-state index in [2.05, 4.69) is 0 Å². The summed E-state index contributed by atoms with van der Waals surface area (Å²) in [7, 11) is 7.40. The van der Waals surface area contributed by atoms with Crippen molar-refractivity contribution in [3.05, 3.63) is 0 Å². The number of nitrogens with one attached hydrogen (secondary N) is 2. The molecule has 0 atom stereocenters. The van der Waals surface area contributed by atoms with Gasteiger partial charge in [-0.3, -0.25) is 10.8 Å². The first kappa shape index (κ1) is 13.5. The molecule has 0 bridgehead atoms. The van der Waals surface area contributed by atoms with Crippen molar-refractivity contribution in [1.82, 2.24) is 9.80 Å². The van der Waals surface area contributed by atoms with Gasteiger partial charge in [0.15, 0.2) is 0 Å². The summed E-state index contributed by atoms with van der Waals surface area (Å²) in [4.78, 5) is 3.50. The number of nitrogens with zero attached hydrogens (tertiary/aromatic N) is 2. The van der Waals surface area contributed by atoms with E-state index in [4.69, 9.17) is 10.8 Å². The molecule has 0 aliphatic heterocycles. The normalized spacial score (nSPS) is 7.83. The molecule has 0 heterocycles. The molecule has 0 aromatic heterocycles. The second-order valence-electron chi connectivity index (χ2n) is 2.96. The molecule has 0 saturated carbocycles. The summed E-state index contributed by atoms with van der Waals surface area (Å²) in [5.41, 5.74) is 0. The third-order valence-corrected chi connectivity index (χ3v) is 1.34. The summed E-state index contributed by atoms with van der Waals surface area (Å²) < 4.78 is 0. The minimum atomic E-state index is 0.593. The predicted molar refractivity (Wildman–Crippen MR) is 54.2 cm³/mol. The third kappa shape index (κ3) is 11.7. The van der Waals surface area contributed by atoms with Crippen LogP contribution in [0.25, 0.3) is 0 Å². The molecule has 0 aromatic carbocycles. The first-order chi connectivity index (χ1) is 5.29. The van der Waals surface area contributed by atoms with Gasteiger partial charge < -0.3 is 9.80 Å². The molecule has 0 unspecified atom stereocenters. The number of hydrogen-bond donors (Lipinski definition) is 2. The lowest BCUT2D eigenvalue weighted by Gasteiger charge is -2.06. The second-order valence-corrected chi connectivity index (χ2v) is 2.96. The maximum absolute atomic E-state index is 6.88. The summed E-state index contributed by atoms with van der Waals surface area (Å²) in [5, 5.41) is 13.8. The lowest BCUT2D eigenvalue weighted by molar-refractivity contribution is 0.613. The molecule has 0 fully saturated rings. The van der Waals surface area contributed by atoms with Crippen LogP contribution in [-0.4, -0.2) is 49.7 Å². The molecule has 72 valence electrons. The average molecular weight is 172 g/mol. The van der Waals surface area contributed by atoms with Crippen LogP contribution in [0, 0.1) is 10.8 Å². The summed E-state index contributed by atoms with van der Waals surface area (Å²) in [5.74, 6) is 1.19. The van der Waals surface area contributed by atoms with Crippen LogP contribution >= 0.6 is 0 Å². The molecular formula is C8H20N4. The van der Waals surface area contributed by atoms with E-state index < -0.39 is 0 Å². The Morgan fingerprint density at radius 1 is 0.750 bits per heavy atom. The Hall–Kier alpha value is -1.06. The van der Waals surface area contributed by atoms with Crippen LogP contribution in [0.15, 0.2) is 0 Å². The molecule has 0 aliphatic rings. The smallest absolute Gasteiger partial charge is 0.0920 e. The van der Waals surface area contributed by atoms with Gasteiger partial charge in [0.25, 0.3) is 0 Å². The molecule has 0 aliphatic carbocycles. The minimum absolute atomic E-state index is 0.593. The van der Waals surface area contributed by atoms with Crippen molar-refractivity contribution in [3.63, 3.8) is 0 Å². The van der Waals surface area contributed by atoms with Gasteiger partial charge >= 0.3 is 0 Å². The molecular weight excluding hydrogens is 152 g/mol. The zero-order chi connectivity index (χ0) is 10.3. The first-order valence-electron chi connectivity index (χ1n) is 3.74. The third-order valence-electron chi connectivity index (χ3n) is 1.34. The van der Waals surface area contributed by atoms with Crippen molar-refractivity contribution in [2.75, 3.05) is 28.2 Å². The fourth-order valence-electron chi connectivity index (χ4n) is 0. The Labute approximate surface area is 75.2 Å². The highest BCUT2D eigenvalue weighted by Crippen LogP contribution is 1.71. The van der Waals surface area contributed by atoms with Crippen LogP contribution < -0.4 is 0 Å². The number of hydrogen-bond acceptors (Lipinski definition) is 2. The molecule has 0 spiro atoms. The highest BCUT2D eigenvalue weighted by atomic mass is 15.1. The minimum Gasteiger partial charge on any atom is -0.367 e. The monoisotopic (exact) mass is 172 g/mol. The van der Waals surface area contributed by atoms with E-state index in [1.165, 1.54) is 0 Å². The zero-order valence-corrected chi connectivity index (χ0v) is 8.89. The highest BCUT2D eigenvalue weighted by Gasteiger charge is 1.82. The van der Waals surface area contributed by atoms with E-state index in [1.807, 2.05) is 28.2 Å². The van der Waals surface area contributed by atoms with Crippen LogP contribution in [0.3, 0.4) is 0 Å². The highest BCUT2D eigenvalue weighted by molar-refractivity contribution is 5.75. The molecule has 0 aromatic rings. The molecule has 0 amide bonds. The van der Waals surface area contributed by atoms with Gasteiger partial charge in [0.05, 0.1) is 11.7 Å². The van der Waals surface area contributed by atoms with E-state index in [-0.39, 0.29) is 0 Å². The molecule has 12 heavy (non-hydrogen) atoms. The molecule has 4 nitrogen and oxygen atoms in total. The molecule has 0 radical (unpaired) electrons. The van der Waals surface area contributed by atoms with E-state index in [1.54, 1.807) is 23.6 Å². The molecule has 0 saturated heterocycles. The lowest BCUT2D eigenvalue weighted by atomic mass is 10.6. The van der Waals surface area contributed by atoms with Gasteiger partial charge in [0.1, 0.15) is 0 Å². The quantitative estimate of drug-likeness (QED) is 0.424. The standard InChI is InChI=1S/2C4H10N2/c2*1-4(5)6(2)3/h2*5H,1-3H3.